The van der Waals surface area contributed by atoms with E-state index in [1.807, 2.05) is 4.90 Å². The van der Waals surface area contributed by atoms with Crippen LogP contribution in [0.15, 0.2) is 36.8 Å². The van der Waals surface area contributed by atoms with E-state index in [4.69, 9.17) is 0 Å². The van der Waals surface area contributed by atoms with Gasteiger partial charge in [-0.05, 0) is 37.1 Å². The molecule has 0 atom stereocenters. The number of hydrogen-bond donors (Lipinski definition) is 1. The summed E-state index contributed by atoms with van der Waals surface area (Å²) >= 11 is 0. The molecule has 0 bridgehead atoms. The van der Waals surface area contributed by atoms with Gasteiger partial charge in [-0.2, -0.15) is 0 Å². The summed E-state index contributed by atoms with van der Waals surface area (Å²) in [7, 11) is 0. The molecule has 2 aromatic rings. The SMILES string of the molecule is O=C1CN(Cc2cccc(CN3CCCC3)c2)c2ncncc2N1. The third kappa shape index (κ3) is 3.23. The van der Waals surface area contributed by atoms with Crippen LogP contribution in [0.1, 0.15) is 24.0 Å². The van der Waals surface area contributed by atoms with E-state index < -0.39 is 0 Å². The zero-order chi connectivity index (χ0) is 16.4. The molecule has 3 heterocycles. The van der Waals surface area contributed by atoms with Crippen LogP contribution in [0.5, 0.6) is 0 Å². The van der Waals surface area contributed by atoms with E-state index in [-0.39, 0.29) is 5.91 Å². The molecule has 1 aromatic heterocycles. The quantitative estimate of drug-likeness (QED) is 0.933. The Morgan fingerprint density at radius 2 is 1.92 bits per heavy atom. The zero-order valence-corrected chi connectivity index (χ0v) is 13.6. The second-order valence-electron chi connectivity index (χ2n) is 6.47. The van der Waals surface area contributed by atoms with Crippen molar-refractivity contribution in [3.8, 4) is 0 Å². The average molecular weight is 323 g/mol. The molecule has 0 radical (unpaired) electrons. The standard InChI is InChI=1S/C18H21N5O/c24-17-12-23(18-16(21-17)9-19-13-20-18)11-15-5-3-4-14(8-15)10-22-6-1-2-7-22/h3-5,8-9,13H,1-2,6-7,10-12H2,(H,21,24). The van der Waals surface area contributed by atoms with Gasteiger partial charge in [0.15, 0.2) is 5.82 Å². The van der Waals surface area contributed by atoms with Gasteiger partial charge in [-0.15, -0.1) is 0 Å². The first-order valence-electron chi connectivity index (χ1n) is 8.43. The lowest BCUT2D eigenvalue weighted by molar-refractivity contribution is -0.115. The molecule has 2 aliphatic heterocycles. The van der Waals surface area contributed by atoms with Gasteiger partial charge >= 0.3 is 0 Å². The Morgan fingerprint density at radius 3 is 2.75 bits per heavy atom. The molecular weight excluding hydrogens is 302 g/mol. The molecule has 1 fully saturated rings. The molecule has 1 N–H and O–H groups in total. The summed E-state index contributed by atoms with van der Waals surface area (Å²) in [5.41, 5.74) is 3.21. The third-order valence-corrected chi connectivity index (χ3v) is 4.57. The van der Waals surface area contributed by atoms with Crippen molar-refractivity contribution >= 4 is 17.4 Å². The lowest BCUT2D eigenvalue weighted by Gasteiger charge is -2.29. The van der Waals surface area contributed by atoms with E-state index in [1.54, 1.807) is 6.20 Å². The van der Waals surface area contributed by atoms with E-state index in [9.17, 15) is 4.79 Å². The van der Waals surface area contributed by atoms with E-state index in [0.717, 1.165) is 12.4 Å². The minimum Gasteiger partial charge on any atom is -0.341 e. The van der Waals surface area contributed by atoms with Gasteiger partial charge < -0.3 is 10.2 Å². The van der Waals surface area contributed by atoms with E-state index >= 15 is 0 Å². The molecule has 2 aliphatic rings. The van der Waals surface area contributed by atoms with Gasteiger partial charge in [0.1, 0.15) is 12.0 Å². The van der Waals surface area contributed by atoms with Crippen LogP contribution < -0.4 is 10.2 Å². The molecule has 0 spiro atoms. The topological polar surface area (TPSA) is 61.4 Å². The number of fused-ring (bicyclic) bond motifs is 1. The number of nitrogens with one attached hydrogen (secondary N) is 1. The summed E-state index contributed by atoms with van der Waals surface area (Å²) in [6, 6.07) is 8.64. The molecule has 6 nitrogen and oxygen atoms in total. The van der Waals surface area contributed by atoms with Crippen LogP contribution in [0.4, 0.5) is 11.5 Å². The number of carbonyl (C=O) groups excluding carboxylic acids is 1. The van der Waals surface area contributed by atoms with Gasteiger partial charge in [-0.1, -0.05) is 24.3 Å². The Kier molecular flexibility index (Phi) is 4.13. The van der Waals surface area contributed by atoms with Gasteiger partial charge in [0.05, 0.1) is 12.7 Å². The van der Waals surface area contributed by atoms with Crippen molar-refractivity contribution in [2.24, 2.45) is 0 Å². The van der Waals surface area contributed by atoms with Crippen LogP contribution in [0.2, 0.25) is 0 Å². The van der Waals surface area contributed by atoms with Crippen molar-refractivity contribution in [3.05, 3.63) is 47.9 Å². The Balaban J connectivity index is 1.52. The van der Waals surface area contributed by atoms with Crippen LogP contribution in [-0.4, -0.2) is 40.4 Å². The maximum Gasteiger partial charge on any atom is 0.244 e. The normalized spacial score (nSPS) is 17.7. The highest BCUT2D eigenvalue weighted by atomic mass is 16.2. The van der Waals surface area contributed by atoms with Gasteiger partial charge in [0.25, 0.3) is 0 Å². The largest absolute Gasteiger partial charge is 0.341 e. The van der Waals surface area contributed by atoms with Gasteiger partial charge in [0, 0.05) is 13.1 Å². The monoisotopic (exact) mass is 323 g/mol. The summed E-state index contributed by atoms with van der Waals surface area (Å²) in [6.45, 7) is 4.39. The fraction of sp³-hybridized carbons (Fsp3) is 0.389. The smallest absolute Gasteiger partial charge is 0.244 e. The minimum absolute atomic E-state index is 0.0227. The minimum atomic E-state index is -0.0227. The summed E-state index contributed by atoms with van der Waals surface area (Å²) in [5.74, 6) is 0.764. The second-order valence-corrected chi connectivity index (χ2v) is 6.47. The van der Waals surface area contributed by atoms with Crippen molar-refractivity contribution in [2.75, 3.05) is 29.9 Å². The number of likely N-dealkylation sites (tertiary alicyclic amines) is 1. The number of anilines is 2. The maximum atomic E-state index is 11.9. The van der Waals surface area contributed by atoms with E-state index in [1.165, 1.54) is 43.4 Å². The molecule has 6 heteroatoms. The van der Waals surface area contributed by atoms with Crippen LogP contribution in [0.25, 0.3) is 0 Å². The lowest BCUT2D eigenvalue weighted by atomic mass is 10.1. The number of aromatic nitrogens is 2. The Labute approximate surface area is 141 Å². The molecule has 1 saturated heterocycles. The fourth-order valence-electron chi connectivity index (χ4n) is 3.48. The van der Waals surface area contributed by atoms with E-state index in [2.05, 4.69) is 44.5 Å². The molecule has 24 heavy (non-hydrogen) atoms. The van der Waals surface area contributed by atoms with Crippen molar-refractivity contribution < 1.29 is 4.79 Å². The number of nitrogens with zero attached hydrogens (tertiary/aromatic N) is 4. The molecule has 124 valence electrons. The first kappa shape index (κ1) is 15.1. The van der Waals surface area contributed by atoms with Crippen LogP contribution in [0.3, 0.4) is 0 Å². The predicted molar refractivity (Wildman–Crippen MR) is 92.7 cm³/mol. The van der Waals surface area contributed by atoms with Crippen LogP contribution >= 0.6 is 0 Å². The Morgan fingerprint density at radius 1 is 1.12 bits per heavy atom. The van der Waals surface area contributed by atoms with Crippen molar-refractivity contribution in [1.29, 1.82) is 0 Å². The summed E-state index contributed by atoms with van der Waals surface area (Å²) in [6.07, 6.45) is 5.78. The van der Waals surface area contributed by atoms with Crippen LogP contribution in [0, 0.1) is 0 Å². The molecule has 0 saturated carbocycles. The Bertz CT molecular complexity index is 742. The van der Waals surface area contributed by atoms with Gasteiger partial charge in [-0.25, -0.2) is 9.97 Å². The maximum absolute atomic E-state index is 11.9. The number of rotatable bonds is 4. The highest BCUT2D eigenvalue weighted by Gasteiger charge is 2.23. The molecular formula is C18H21N5O. The number of carbonyl (C=O) groups is 1. The first-order valence-corrected chi connectivity index (χ1v) is 8.43. The number of hydrogen-bond acceptors (Lipinski definition) is 5. The molecule has 1 amide bonds. The van der Waals surface area contributed by atoms with Gasteiger partial charge in [-0.3, -0.25) is 9.69 Å². The fourth-order valence-corrected chi connectivity index (χ4v) is 3.48. The molecule has 1 aromatic carbocycles. The van der Waals surface area contributed by atoms with Crippen molar-refractivity contribution in [1.82, 2.24) is 14.9 Å². The number of benzene rings is 1. The number of amides is 1. The molecule has 0 unspecified atom stereocenters. The third-order valence-electron chi connectivity index (χ3n) is 4.57. The van der Waals surface area contributed by atoms with Crippen molar-refractivity contribution in [3.63, 3.8) is 0 Å². The van der Waals surface area contributed by atoms with Gasteiger partial charge in [0.2, 0.25) is 5.91 Å². The zero-order valence-electron chi connectivity index (χ0n) is 13.6. The van der Waals surface area contributed by atoms with E-state index in [0.29, 0.717) is 18.8 Å². The first-order chi connectivity index (χ1) is 11.8. The van der Waals surface area contributed by atoms with Crippen molar-refractivity contribution in [2.45, 2.75) is 25.9 Å². The molecule has 0 aliphatic carbocycles. The lowest BCUT2D eigenvalue weighted by Crippen LogP contribution is -2.38. The summed E-state index contributed by atoms with van der Waals surface area (Å²) < 4.78 is 0. The highest BCUT2D eigenvalue weighted by molar-refractivity contribution is 5.99. The Hall–Kier alpha value is -2.47. The second kappa shape index (κ2) is 6.57. The summed E-state index contributed by atoms with van der Waals surface area (Å²) in [4.78, 5) is 24.7. The predicted octanol–water partition coefficient (Wildman–Crippen LogP) is 2.03. The molecule has 4 rings (SSSR count). The average Bonchev–Trinajstić information content (AvgIpc) is 3.08. The summed E-state index contributed by atoms with van der Waals surface area (Å²) in [5, 5.41) is 2.82. The highest BCUT2D eigenvalue weighted by Crippen LogP contribution is 2.27. The van der Waals surface area contributed by atoms with Crippen LogP contribution in [-0.2, 0) is 17.9 Å².